The topological polar surface area (TPSA) is 112 Å². The van der Waals surface area contributed by atoms with E-state index >= 15 is 0 Å². The van der Waals surface area contributed by atoms with Gasteiger partial charge in [0.2, 0.25) is 0 Å². The van der Waals surface area contributed by atoms with E-state index in [0.29, 0.717) is 5.69 Å². The molecule has 3 aromatic rings. The lowest BCUT2D eigenvalue weighted by Gasteiger charge is -2.09. The lowest BCUT2D eigenvalue weighted by atomic mass is 10.1. The maximum absolute atomic E-state index is 12.1. The van der Waals surface area contributed by atoms with Crippen molar-refractivity contribution in [1.82, 2.24) is 0 Å². The van der Waals surface area contributed by atoms with E-state index in [1.807, 2.05) is 0 Å². The minimum Gasteiger partial charge on any atom is -0.506 e. The number of rotatable bonds is 3. The number of benzene rings is 2. The fourth-order valence-corrected chi connectivity index (χ4v) is 2.29. The first kappa shape index (κ1) is 15.4. The van der Waals surface area contributed by atoms with Gasteiger partial charge in [0.15, 0.2) is 28.7 Å². The Bertz CT molecular complexity index is 1020. The molecular weight excluding hydrogens is 312 g/mol. The summed E-state index contributed by atoms with van der Waals surface area (Å²) in [5.74, 6) is -0.991. The number of phenols is 2. The molecule has 24 heavy (non-hydrogen) atoms. The van der Waals surface area contributed by atoms with Gasteiger partial charge in [-0.1, -0.05) is 18.2 Å². The Kier molecular flexibility index (Phi) is 3.83. The maximum atomic E-state index is 12.1. The highest BCUT2D eigenvalue weighted by molar-refractivity contribution is 6.03. The van der Waals surface area contributed by atoms with Gasteiger partial charge >= 0.3 is 0 Å². The number of nitrogens with zero attached hydrogens (tertiary/aromatic N) is 2. The highest BCUT2D eigenvalue weighted by atomic mass is 16.3. The highest BCUT2D eigenvalue weighted by Crippen LogP contribution is 2.43. The molecule has 0 amide bonds. The molecule has 0 saturated carbocycles. The number of carbonyl (C=O) groups excluding carboxylic acids is 1. The maximum Gasteiger partial charge on any atom is 0.196 e. The Hall–Kier alpha value is -3.48. The average Bonchev–Trinajstić information content (AvgIpc) is 2.55. The zero-order chi connectivity index (χ0) is 17.3. The molecule has 7 heteroatoms. The summed E-state index contributed by atoms with van der Waals surface area (Å²) in [6.45, 7) is 1.54. The van der Waals surface area contributed by atoms with Gasteiger partial charge in [-0.05, 0) is 19.1 Å². The average molecular weight is 324 g/mol. The van der Waals surface area contributed by atoms with Crippen molar-refractivity contribution in [2.24, 2.45) is 10.2 Å². The Labute approximate surface area is 135 Å². The zero-order valence-corrected chi connectivity index (χ0v) is 12.6. The smallest absolute Gasteiger partial charge is 0.196 e. The van der Waals surface area contributed by atoms with Crippen molar-refractivity contribution in [3.8, 4) is 11.5 Å². The van der Waals surface area contributed by atoms with E-state index in [1.54, 1.807) is 37.3 Å². The molecule has 0 unspecified atom stereocenters. The molecule has 0 aliphatic rings. The van der Waals surface area contributed by atoms with Gasteiger partial charge in [-0.2, -0.15) is 5.11 Å². The number of phenolic OH excluding ortho intramolecular Hbond substituents is 2. The molecule has 0 saturated heterocycles. The predicted molar refractivity (Wildman–Crippen MR) is 86.6 cm³/mol. The second-order valence-electron chi connectivity index (χ2n) is 5.04. The lowest BCUT2D eigenvalue weighted by molar-refractivity contribution is 0.111. The fourth-order valence-electron chi connectivity index (χ4n) is 2.29. The minimum atomic E-state index is -0.648. The van der Waals surface area contributed by atoms with Gasteiger partial charge in [0, 0.05) is 6.07 Å². The van der Waals surface area contributed by atoms with Gasteiger partial charge in [0.25, 0.3) is 0 Å². The molecule has 3 rings (SSSR count). The number of hydrogen-bond donors (Lipinski definition) is 2. The first-order valence-corrected chi connectivity index (χ1v) is 6.97. The van der Waals surface area contributed by atoms with E-state index < -0.39 is 22.5 Å². The molecule has 0 spiro atoms. The summed E-state index contributed by atoms with van der Waals surface area (Å²) >= 11 is 0. The van der Waals surface area contributed by atoms with Crippen molar-refractivity contribution in [3.05, 3.63) is 57.9 Å². The van der Waals surface area contributed by atoms with Crippen LogP contribution in [0.4, 0.5) is 11.4 Å². The van der Waals surface area contributed by atoms with Crippen LogP contribution in [0.5, 0.6) is 11.5 Å². The molecule has 1 aromatic heterocycles. The molecule has 2 N–H and O–H groups in total. The minimum absolute atomic E-state index is 0.139. The molecule has 1 heterocycles. The highest BCUT2D eigenvalue weighted by Gasteiger charge is 2.22. The SMILES string of the molecule is Cc1cc(=O)c2c(O)c(C=O)c(O)c(N=Nc3ccccc3)c2o1. The van der Waals surface area contributed by atoms with Gasteiger partial charge in [0.05, 0.1) is 5.69 Å². The number of fused-ring (bicyclic) bond motifs is 1. The van der Waals surface area contributed by atoms with Crippen LogP contribution in [0.2, 0.25) is 0 Å². The van der Waals surface area contributed by atoms with Crippen LogP contribution in [0.3, 0.4) is 0 Å². The van der Waals surface area contributed by atoms with Gasteiger partial charge in [0.1, 0.15) is 22.5 Å². The summed E-state index contributed by atoms with van der Waals surface area (Å²) in [5.41, 5.74) is -0.832. The molecule has 0 aliphatic heterocycles. The van der Waals surface area contributed by atoms with Crippen molar-refractivity contribution in [2.45, 2.75) is 6.92 Å². The van der Waals surface area contributed by atoms with Crippen molar-refractivity contribution in [3.63, 3.8) is 0 Å². The number of hydrogen-bond acceptors (Lipinski definition) is 7. The Morgan fingerprint density at radius 3 is 2.46 bits per heavy atom. The van der Waals surface area contributed by atoms with Gasteiger partial charge in [-0.25, -0.2) is 0 Å². The van der Waals surface area contributed by atoms with Crippen molar-refractivity contribution in [2.75, 3.05) is 0 Å². The van der Waals surface area contributed by atoms with Crippen LogP contribution in [0.1, 0.15) is 16.1 Å². The number of carbonyl (C=O) groups is 1. The van der Waals surface area contributed by atoms with E-state index in [-0.39, 0.29) is 28.7 Å². The monoisotopic (exact) mass is 324 g/mol. The molecular formula is C17H12N2O5. The summed E-state index contributed by atoms with van der Waals surface area (Å²) in [6, 6.07) is 9.86. The molecule has 0 radical (unpaired) electrons. The number of aromatic hydroxyl groups is 2. The van der Waals surface area contributed by atoms with Crippen LogP contribution < -0.4 is 5.43 Å². The third-order valence-corrected chi connectivity index (χ3v) is 3.40. The first-order valence-electron chi connectivity index (χ1n) is 6.97. The summed E-state index contributed by atoms with van der Waals surface area (Å²) in [5, 5.41) is 27.9. The standard InChI is InChI=1S/C17H12N2O5/c1-9-7-12(21)13-15(22)11(8-20)16(23)14(17(13)24-9)19-18-10-5-3-2-4-6-10/h2-8,22-23H,1H3. The quantitative estimate of drug-likeness (QED) is 0.563. The van der Waals surface area contributed by atoms with Crippen LogP contribution in [0.15, 0.2) is 55.8 Å². The molecule has 2 aromatic carbocycles. The summed E-state index contributed by atoms with van der Waals surface area (Å²) in [6.07, 6.45) is 0.241. The summed E-state index contributed by atoms with van der Waals surface area (Å²) in [7, 11) is 0. The lowest BCUT2D eigenvalue weighted by Crippen LogP contribution is -2.02. The van der Waals surface area contributed by atoms with E-state index in [2.05, 4.69) is 10.2 Å². The molecule has 7 nitrogen and oxygen atoms in total. The molecule has 0 aliphatic carbocycles. The number of aldehydes is 1. The number of azo groups is 1. The normalized spacial score (nSPS) is 11.2. The van der Waals surface area contributed by atoms with Gasteiger partial charge in [-0.15, -0.1) is 5.11 Å². The Morgan fingerprint density at radius 1 is 1.08 bits per heavy atom. The largest absolute Gasteiger partial charge is 0.506 e. The Balaban J connectivity index is 2.36. The molecule has 0 bridgehead atoms. The van der Waals surface area contributed by atoms with Crippen LogP contribution in [-0.4, -0.2) is 16.5 Å². The summed E-state index contributed by atoms with van der Waals surface area (Å²) < 4.78 is 5.43. The van der Waals surface area contributed by atoms with E-state index in [0.717, 1.165) is 0 Å². The third kappa shape index (κ3) is 2.52. The van der Waals surface area contributed by atoms with E-state index in [1.165, 1.54) is 6.07 Å². The predicted octanol–water partition coefficient (Wildman–Crippen LogP) is 3.74. The zero-order valence-electron chi connectivity index (χ0n) is 12.6. The third-order valence-electron chi connectivity index (χ3n) is 3.40. The van der Waals surface area contributed by atoms with Crippen molar-refractivity contribution >= 4 is 28.6 Å². The molecule has 120 valence electrons. The van der Waals surface area contributed by atoms with Gasteiger partial charge in [-0.3, -0.25) is 9.59 Å². The molecule has 0 fully saturated rings. The fraction of sp³-hybridized carbons (Fsp3) is 0.0588. The van der Waals surface area contributed by atoms with Crippen LogP contribution >= 0.6 is 0 Å². The van der Waals surface area contributed by atoms with Gasteiger partial charge < -0.3 is 14.6 Å². The van der Waals surface area contributed by atoms with Crippen LogP contribution in [-0.2, 0) is 0 Å². The number of aryl methyl sites for hydroxylation is 1. The second-order valence-corrected chi connectivity index (χ2v) is 5.04. The van der Waals surface area contributed by atoms with Crippen molar-refractivity contribution < 1.29 is 19.4 Å². The molecule has 0 atom stereocenters. The first-order chi connectivity index (χ1) is 11.5. The van der Waals surface area contributed by atoms with E-state index in [9.17, 15) is 19.8 Å². The van der Waals surface area contributed by atoms with E-state index in [4.69, 9.17) is 4.42 Å². The Morgan fingerprint density at radius 2 is 1.79 bits per heavy atom. The van der Waals surface area contributed by atoms with Crippen molar-refractivity contribution in [1.29, 1.82) is 0 Å². The summed E-state index contributed by atoms with van der Waals surface area (Å²) in [4.78, 5) is 23.3. The second kappa shape index (κ2) is 5.96. The van der Waals surface area contributed by atoms with Crippen LogP contribution in [0.25, 0.3) is 11.0 Å². The van der Waals surface area contributed by atoms with Crippen LogP contribution in [0, 0.1) is 6.92 Å².